The van der Waals surface area contributed by atoms with Gasteiger partial charge in [0, 0.05) is 42.6 Å². The minimum absolute atomic E-state index is 0.0581. The Bertz CT molecular complexity index is 1470. The van der Waals surface area contributed by atoms with Crippen LogP contribution in [-0.4, -0.2) is 53.8 Å². The Morgan fingerprint density at radius 3 is 1.87 bits per heavy atom. The fraction of sp³-hybridized carbons (Fsp3) is 0.614. The van der Waals surface area contributed by atoms with Gasteiger partial charge < -0.3 is 16.0 Å². The highest BCUT2D eigenvalue weighted by atomic mass is 16.2. The molecule has 0 aliphatic heterocycles. The van der Waals surface area contributed by atoms with Crippen molar-refractivity contribution in [3.8, 4) is 0 Å². The van der Waals surface area contributed by atoms with Crippen LogP contribution in [0, 0.1) is 29.1 Å². The molecule has 0 bridgehead atoms. The topological polar surface area (TPSA) is 121 Å². The van der Waals surface area contributed by atoms with Crippen molar-refractivity contribution < 1.29 is 24.0 Å². The number of rotatable bonds is 25. The van der Waals surface area contributed by atoms with Crippen LogP contribution in [0.1, 0.15) is 116 Å². The molecular formula is C44H63N3O5. The van der Waals surface area contributed by atoms with Gasteiger partial charge in [0.05, 0.1) is 12.1 Å². The molecule has 2 aliphatic carbocycles. The van der Waals surface area contributed by atoms with E-state index in [0.717, 1.165) is 36.9 Å². The van der Waals surface area contributed by atoms with Crippen LogP contribution in [-0.2, 0) is 36.8 Å². The number of amides is 2. The lowest BCUT2D eigenvalue weighted by Gasteiger charge is -2.27. The van der Waals surface area contributed by atoms with Crippen molar-refractivity contribution in [2.75, 3.05) is 6.54 Å². The van der Waals surface area contributed by atoms with Crippen LogP contribution < -0.4 is 16.0 Å². The zero-order chi connectivity index (χ0) is 37.7. The van der Waals surface area contributed by atoms with Crippen LogP contribution in [0.2, 0.25) is 0 Å². The maximum atomic E-state index is 14.2. The zero-order valence-corrected chi connectivity index (χ0v) is 32.3. The van der Waals surface area contributed by atoms with Gasteiger partial charge in [0.1, 0.15) is 5.78 Å². The molecule has 284 valence electrons. The van der Waals surface area contributed by atoms with Gasteiger partial charge in [-0.15, -0.1) is 0 Å². The summed E-state index contributed by atoms with van der Waals surface area (Å²) in [5, 5.41) is 9.59. The van der Waals surface area contributed by atoms with E-state index in [2.05, 4.69) is 16.0 Å². The van der Waals surface area contributed by atoms with Crippen LogP contribution in [0.5, 0.6) is 0 Å². The summed E-state index contributed by atoms with van der Waals surface area (Å²) in [5.41, 5.74) is 1.62. The molecule has 0 aromatic heterocycles. The van der Waals surface area contributed by atoms with Crippen LogP contribution in [0.25, 0.3) is 0 Å². The molecule has 2 aliphatic rings. The monoisotopic (exact) mass is 713 g/mol. The van der Waals surface area contributed by atoms with Crippen molar-refractivity contribution in [2.24, 2.45) is 29.1 Å². The summed E-state index contributed by atoms with van der Waals surface area (Å²) in [6.07, 6.45) is 7.70. The minimum Gasteiger partial charge on any atom is -0.346 e. The van der Waals surface area contributed by atoms with E-state index in [1.54, 1.807) is 0 Å². The molecule has 4 atom stereocenters. The Balaban J connectivity index is 1.48. The first-order valence-corrected chi connectivity index (χ1v) is 19.8. The first kappa shape index (κ1) is 41.1. The Kier molecular flexibility index (Phi) is 15.8. The molecule has 2 aromatic rings. The molecule has 0 spiro atoms. The normalized spacial score (nSPS) is 17.2. The van der Waals surface area contributed by atoms with E-state index >= 15 is 0 Å². The lowest BCUT2D eigenvalue weighted by atomic mass is 9.87. The third-order valence-electron chi connectivity index (χ3n) is 10.6. The Labute approximate surface area is 312 Å². The molecule has 2 unspecified atom stereocenters. The summed E-state index contributed by atoms with van der Waals surface area (Å²) >= 11 is 0. The van der Waals surface area contributed by atoms with Gasteiger partial charge in [-0.3, -0.25) is 24.0 Å². The quantitative estimate of drug-likeness (QED) is 0.0956. The van der Waals surface area contributed by atoms with E-state index in [9.17, 15) is 24.0 Å². The minimum atomic E-state index is -0.797. The number of carbonyl (C=O) groups is 5. The van der Waals surface area contributed by atoms with Gasteiger partial charge >= 0.3 is 0 Å². The third-order valence-corrected chi connectivity index (χ3v) is 10.6. The van der Waals surface area contributed by atoms with E-state index in [1.165, 1.54) is 12.8 Å². The van der Waals surface area contributed by atoms with Crippen molar-refractivity contribution in [3.63, 3.8) is 0 Å². The predicted octanol–water partition coefficient (Wildman–Crippen LogP) is 6.98. The van der Waals surface area contributed by atoms with Gasteiger partial charge in [-0.05, 0) is 93.7 Å². The van der Waals surface area contributed by atoms with E-state index in [1.807, 2.05) is 95.3 Å². The molecule has 2 aromatic carbocycles. The maximum Gasteiger partial charge on any atom is 0.224 e. The summed E-state index contributed by atoms with van der Waals surface area (Å²) < 4.78 is 0. The maximum absolute atomic E-state index is 14.2. The van der Waals surface area contributed by atoms with Crippen molar-refractivity contribution in [1.82, 2.24) is 16.0 Å². The average molecular weight is 714 g/mol. The fourth-order valence-electron chi connectivity index (χ4n) is 6.99. The molecular weight excluding hydrogens is 651 g/mol. The molecule has 3 N–H and O–H groups in total. The number of aryl methyl sites for hydroxylation is 1. The van der Waals surface area contributed by atoms with Crippen LogP contribution in [0.3, 0.4) is 0 Å². The Morgan fingerprint density at radius 1 is 0.731 bits per heavy atom. The second-order valence-electron chi connectivity index (χ2n) is 16.7. The van der Waals surface area contributed by atoms with Gasteiger partial charge in [-0.1, -0.05) is 95.3 Å². The highest BCUT2D eigenvalue weighted by molar-refractivity contribution is 5.97. The Hall–Kier alpha value is -3.65. The lowest BCUT2D eigenvalue weighted by Crippen LogP contribution is -2.49. The summed E-state index contributed by atoms with van der Waals surface area (Å²) in [6, 6.07) is 18.7. The largest absolute Gasteiger partial charge is 0.346 e. The summed E-state index contributed by atoms with van der Waals surface area (Å²) in [7, 11) is 0. The highest BCUT2D eigenvalue weighted by Crippen LogP contribution is 2.47. The predicted molar refractivity (Wildman–Crippen MR) is 207 cm³/mol. The number of hydrogen-bond acceptors (Lipinski definition) is 6. The first-order chi connectivity index (χ1) is 24.8. The molecule has 4 rings (SSSR count). The third kappa shape index (κ3) is 14.1. The molecule has 8 nitrogen and oxygen atoms in total. The fourth-order valence-corrected chi connectivity index (χ4v) is 6.99. The smallest absolute Gasteiger partial charge is 0.224 e. The van der Waals surface area contributed by atoms with E-state index in [0.29, 0.717) is 44.6 Å². The van der Waals surface area contributed by atoms with Gasteiger partial charge in [0.2, 0.25) is 11.8 Å². The van der Waals surface area contributed by atoms with Gasteiger partial charge in [-0.2, -0.15) is 0 Å². The van der Waals surface area contributed by atoms with Gasteiger partial charge in [0.15, 0.2) is 11.6 Å². The summed E-state index contributed by atoms with van der Waals surface area (Å²) in [4.78, 5) is 68.9. The second kappa shape index (κ2) is 20.0. The van der Waals surface area contributed by atoms with Crippen molar-refractivity contribution in [1.29, 1.82) is 0 Å². The molecule has 2 saturated carbocycles. The number of benzene rings is 2. The van der Waals surface area contributed by atoms with Crippen LogP contribution >= 0.6 is 0 Å². The molecule has 2 fully saturated rings. The second-order valence-corrected chi connectivity index (χ2v) is 16.7. The molecule has 0 heterocycles. The summed E-state index contributed by atoms with van der Waals surface area (Å²) in [6.45, 7) is 10.9. The number of carbonyl (C=O) groups excluding carboxylic acids is 5. The van der Waals surface area contributed by atoms with Crippen molar-refractivity contribution in [3.05, 3.63) is 71.8 Å². The summed E-state index contributed by atoms with van der Waals surface area (Å²) in [5.74, 6) is -1.65. The van der Waals surface area contributed by atoms with Gasteiger partial charge in [-0.25, -0.2) is 0 Å². The number of ketones is 3. The van der Waals surface area contributed by atoms with E-state index in [-0.39, 0.29) is 53.8 Å². The first-order valence-electron chi connectivity index (χ1n) is 19.8. The standard InChI is InChI=1S/C44H63N3O5/c1-30(2)25-38(46-42(51)34(19-18-32-13-8-6-9-14-32)28-37(48)17-12-24-45-36-20-21-36)40(49)29-35(27-33-15-10-7-11-16-33)43(52)47-39(26-31(3)4)41(50)44(5)22-23-44/h6-11,13-16,30-31,34-36,38-39,45H,12,17-29H2,1-5H3,(H,46,51)(H,47,52)/t34-,35-,38?,39?/m1/s1. The van der Waals surface area contributed by atoms with Gasteiger partial charge in [0.25, 0.3) is 0 Å². The molecule has 0 saturated heterocycles. The average Bonchev–Trinajstić information content (AvgIpc) is 4.06. The highest BCUT2D eigenvalue weighted by Gasteiger charge is 2.48. The van der Waals surface area contributed by atoms with Crippen molar-refractivity contribution >= 4 is 29.2 Å². The number of hydrogen-bond donors (Lipinski definition) is 3. The van der Waals surface area contributed by atoms with Crippen molar-refractivity contribution in [2.45, 2.75) is 136 Å². The number of Topliss-reactive ketones (excluding diaryl/α,β-unsaturated/α-hetero) is 3. The number of nitrogens with one attached hydrogen (secondary N) is 3. The molecule has 52 heavy (non-hydrogen) atoms. The molecule has 8 heteroatoms. The van der Waals surface area contributed by atoms with Crippen LogP contribution in [0.4, 0.5) is 0 Å². The van der Waals surface area contributed by atoms with E-state index in [4.69, 9.17) is 0 Å². The SMILES string of the molecule is CC(C)CC(NC(=O)[C@H](CCc1ccccc1)CC(=O)CCCNC1CC1)C(=O)C[C@@H](Cc1ccccc1)C(=O)NC(CC(C)C)C(=O)C1(C)CC1. The lowest BCUT2D eigenvalue weighted by molar-refractivity contribution is -0.135. The molecule has 0 radical (unpaired) electrons. The Morgan fingerprint density at radius 2 is 1.29 bits per heavy atom. The van der Waals surface area contributed by atoms with E-state index < -0.39 is 29.3 Å². The van der Waals surface area contributed by atoms with Crippen LogP contribution in [0.15, 0.2) is 60.7 Å². The molecule has 2 amide bonds. The zero-order valence-electron chi connectivity index (χ0n) is 32.3.